The van der Waals surface area contributed by atoms with E-state index >= 15 is 0 Å². The summed E-state index contributed by atoms with van der Waals surface area (Å²) in [7, 11) is 6.49. The predicted octanol–water partition coefficient (Wildman–Crippen LogP) is 28.4. The minimum atomic E-state index is -1.10. The number of ether oxygens (including phenoxy) is 4. The molecule has 0 atom stereocenters. The van der Waals surface area contributed by atoms with Crippen LogP contribution in [0.25, 0.3) is 0 Å². The molecule has 2 amide bonds. The molecule has 108 heavy (non-hydrogen) atoms. The minimum Gasteiger partial charge on any atom is -0.461 e. The number of hydrogen-bond donors (Lipinski definition) is 0. The molecule has 618 valence electrons. The molecular formula is C80H155NO11S4Y12-12. The molecular weight excluding hydrogens is 2350 g/mol. The molecule has 0 aromatic heterocycles. The fourth-order valence-corrected chi connectivity index (χ4v) is 8.61. The summed E-state index contributed by atoms with van der Waals surface area (Å²) in [5.74, 6) is -1.37. The smallest absolute Gasteiger partial charge is 0.461 e. The summed E-state index contributed by atoms with van der Waals surface area (Å²) < 4.78 is 20.5. The van der Waals surface area contributed by atoms with E-state index in [1.54, 1.807) is 57.0 Å². The van der Waals surface area contributed by atoms with Crippen LogP contribution in [0.2, 0.25) is 0 Å². The zero-order valence-corrected chi connectivity index (χ0v) is 114. The van der Waals surface area contributed by atoms with Gasteiger partial charge in [-0.1, -0.05) is 291 Å². The molecule has 0 spiro atoms. The van der Waals surface area contributed by atoms with Crippen LogP contribution < -0.4 is 0 Å². The standard InChI is InChI=1S/C22H21NO7S2.C22H26O4S2.12C2H6.12CH3.12Y/c1-2-21(26)28-13-15-3-7-17(8-4-15)31-32-18-9-5-16(6-10-18)14-29-22(27)30-23-19(24)11-12-20(23)25;1-4-21(23)25-14-17-5-9-19(10-6-17)27-28-20-11-7-18(8-12-20)15-26-22(24)13-16(2)3;12*1-2;;;;;;;;;;;;;;;;;;;;;;;;/h3-10H,2,11-14H2,1H3;5-12,16H,4,13-15H2,1-3H3;12*1-2H3;12*1H3;;;;;;;;;;;;/q;;;;;;;;;;;;;;12*-1;;;;;;;;;;;;. The Morgan fingerprint density at radius 1 is 0.306 bits per heavy atom. The maximum absolute atomic E-state index is 11.7. The van der Waals surface area contributed by atoms with E-state index in [0.717, 1.165) is 41.8 Å². The van der Waals surface area contributed by atoms with Crippen LogP contribution in [0.4, 0.5) is 4.79 Å². The molecule has 0 saturated carbocycles. The molecule has 1 fully saturated rings. The van der Waals surface area contributed by atoms with Crippen LogP contribution in [0, 0.1) is 95.0 Å². The van der Waals surface area contributed by atoms with Gasteiger partial charge in [-0.2, -0.15) is 0 Å². The number of benzene rings is 4. The van der Waals surface area contributed by atoms with Crippen molar-refractivity contribution in [3.63, 3.8) is 0 Å². The molecule has 1 saturated heterocycles. The summed E-state index contributed by atoms with van der Waals surface area (Å²) in [4.78, 5) is 77.5. The quantitative estimate of drug-likeness (QED) is 0.0288. The van der Waals surface area contributed by atoms with E-state index in [0.29, 0.717) is 43.5 Å². The summed E-state index contributed by atoms with van der Waals surface area (Å²) in [6.07, 6.45) is 0.160. The molecule has 4 aromatic rings. The second kappa shape index (κ2) is 185. The Morgan fingerprint density at radius 3 is 0.639 bits per heavy atom. The first-order valence-corrected chi connectivity index (χ1v) is 35.4. The van der Waals surface area contributed by atoms with Crippen molar-refractivity contribution in [3.05, 3.63) is 208 Å². The van der Waals surface area contributed by atoms with Gasteiger partial charge in [0, 0.05) is 444 Å². The van der Waals surface area contributed by atoms with Gasteiger partial charge in [0.25, 0.3) is 11.8 Å². The average molecular weight is 2500 g/mol. The van der Waals surface area contributed by atoms with E-state index in [2.05, 4.69) is 4.84 Å². The Hall–Kier alpha value is 8.35. The number of carbonyl (C=O) groups excluding carboxylic acids is 6. The van der Waals surface area contributed by atoms with Crippen molar-refractivity contribution in [2.24, 2.45) is 5.92 Å². The van der Waals surface area contributed by atoms with E-state index in [4.69, 9.17) is 18.9 Å². The van der Waals surface area contributed by atoms with Crippen LogP contribution in [-0.4, -0.2) is 40.9 Å². The molecule has 0 bridgehead atoms. The van der Waals surface area contributed by atoms with Gasteiger partial charge >= 0.3 is 24.1 Å². The SMILES string of the molecule is CC.CC.CC.CC.CC.CC.CC.CC.CC.CC.CC.CC.CCC(=O)OCc1ccc(SSc2ccc(COC(=O)CC(C)C)cc2)cc1.CCC(=O)OCc1ccc(SSc2ccc(COC(=O)ON3C(=O)CCC3=O)cc2)cc1.[CH3-].[CH3-].[CH3-].[CH3-].[CH3-].[CH3-].[CH3-].[CH3-].[CH3-].[CH3-].[CH3-].[CH3-].[Y].[Y].[Y].[Y].[Y].[Y].[Y].[Y].[Y].[Y].[Y].[Y]. The number of amides is 2. The number of esters is 3. The van der Waals surface area contributed by atoms with Crippen LogP contribution in [0.3, 0.4) is 0 Å². The maximum Gasteiger partial charge on any atom is 0.534 e. The molecule has 0 N–H and O–H groups in total. The van der Waals surface area contributed by atoms with Crippen LogP contribution >= 0.6 is 43.2 Å². The number of rotatable bonds is 19. The van der Waals surface area contributed by atoms with E-state index in [1.807, 2.05) is 277 Å². The number of imide groups is 1. The van der Waals surface area contributed by atoms with Gasteiger partial charge in [0.15, 0.2) is 0 Å². The minimum absolute atomic E-state index is 0. The zero-order valence-electron chi connectivity index (χ0n) is 76.7. The van der Waals surface area contributed by atoms with E-state index < -0.39 is 18.0 Å². The van der Waals surface area contributed by atoms with Crippen LogP contribution in [0.15, 0.2) is 117 Å². The van der Waals surface area contributed by atoms with Crippen molar-refractivity contribution in [1.29, 1.82) is 0 Å². The third-order valence-electron chi connectivity index (χ3n) is 8.04. The Morgan fingerprint density at radius 2 is 0.472 bits per heavy atom. The second-order valence-electron chi connectivity index (χ2n) is 13.4. The third kappa shape index (κ3) is 138. The van der Waals surface area contributed by atoms with Crippen molar-refractivity contribution < 1.29 is 445 Å². The fourth-order valence-electron chi connectivity index (χ4n) is 4.75. The van der Waals surface area contributed by atoms with Gasteiger partial charge in [0.05, 0.1) is 0 Å². The third-order valence-corrected chi connectivity index (χ3v) is 12.9. The number of hydrogen-bond acceptors (Lipinski definition) is 15. The monoisotopic (exact) mass is 2500 g/mol. The molecule has 12 radical (unpaired) electrons. The summed E-state index contributed by atoms with van der Waals surface area (Å²) in [5, 5.41) is 0.448. The normalized spacial score (nSPS) is 7.36. The van der Waals surface area contributed by atoms with Gasteiger partial charge in [0.2, 0.25) is 0 Å². The van der Waals surface area contributed by atoms with E-state index in [-0.39, 0.29) is 526 Å². The Labute approximate surface area is 995 Å². The largest absolute Gasteiger partial charge is 0.534 e. The molecule has 0 unspecified atom stereocenters. The van der Waals surface area contributed by atoms with Crippen LogP contribution in [0.5, 0.6) is 0 Å². The van der Waals surface area contributed by atoms with Gasteiger partial charge in [-0.05, 0) is 76.7 Å². The molecule has 12 nitrogen and oxygen atoms in total. The molecule has 28 heteroatoms. The Bertz CT molecular complexity index is 2080. The fraction of sp³-hybridized carbons (Fsp3) is 0.475. The molecule has 1 heterocycles. The van der Waals surface area contributed by atoms with Gasteiger partial charge in [0.1, 0.15) is 26.4 Å². The van der Waals surface area contributed by atoms with Gasteiger partial charge in [-0.25, -0.2) is 4.79 Å². The molecule has 5 rings (SSSR count). The van der Waals surface area contributed by atoms with Gasteiger partial charge in [-0.15, -0.1) is 0 Å². The van der Waals surface area contributed by atoms with E-state index in [1.165, 1.54) is 0 Å². The number of hydroxylamine groups is 2. The molecule has 0 aliphatic carbocycles. The van der Waals surface area contributed by atoms with Crippen LogP contribution in [0.1, 0.15) is 248 Å². The Kier molecular flexibility index (Phi) is 381. The van der Waals surface area contributed by atoms with Crippen LogP contribution in [-0.2, 0) is 467 Å². The zero-order chi connectivity index (χ0) is 67.3. The number of carbonyl (C=O) groups is 6. The van der Waals surface area contributed by atoms with Crippen molar-refractivity contribution >= 4 is 79.1 Å². The first kappa shape index (κ1) is 223. The van der Waals surface area contributed by atoms with Crippen molar-refractivity contribution in [3.8, 4) is 0 Å². The summed E-state index contributed by atoms with van der Waals surface area (Å²) in [6, 6.07) is 31.2. The molecule has 4 aromatic carbocycles. The summed E-state index contributed by atoms with van der Waals surface area (Å²) in [6.45, 7) is 56.4. The average Bonchev–Trinajstić information content (AvgIpc) is 1.63. The number of nitrogens with zero attached hydrogens (tertiary/aromatic N) is 1. The molecule has 1 aliphatic heterocycles. The van der Waals surface area contributed by atoms with Gasteiger partial charge in [-0.3, -0.25) is 28.8 Å². The van der Waals surface area contributed by atoms with Crippen molar-refractivity contribution in [1.82, 2.24) is 5.06 Å². The molecule has 1 aliphatic rings. The second-order valence-corrected chi connectivity index (χ2v) is 18.0. The first-order chi connectivity index (χ1) is 40.9. The topological polar surface area (TPSA) is 152 Å². The van der Waals surface area contributed by atoms with Gasteiger partial charge < -0.3 is 108 Å². The summed E-state index contributed by atoms with van der Waals surface area (Å²) >= 11 is 0. The van der Waals surface area contributed by atoms with Crippen molar-refractivity contribution in [2.75, 3.05) is 0 Å². The predicted molar refractivity (Wildman–Crippen MR) is 444 cm³/mol. The van der Waals surface area contributed by atoms with Crippen molar-refractivity contribution in [2.45, 2.75) is 272 Å². The summed E-state index contributed by atoms with van der Waals surface area (Å²) in [5.41, 5.74) is 3.63. The first-order valence-electron chi connectivity index (χ1n) is 31.1. The Balaban J connectivity index is -0.0000000223. The van der Waals surface area contributed by atoms with E-state index in [9.17, 15) is 28.8 Å². The maximum atomic E-state index is 11.7.